The number of carbonyl (C=O) groups is 1. The van der Waals surface area contributed by atoms with Gasteiger partial charge in [0, 0.05) is 31.8 Å². The van der Waals surface area contributed by atoms with Crippen molar-refractivity contribution < 1.29 is 14.3 Å². The predicted molar refractivity (Wildman–Crippen MR) is 94.9 cm³/mol. The number of amides is 1. The van der Waals surface area contributed by atoms with Gasteiger partial charge >= 0.3 is 0 Å². The second-order valence-corrected chi connectivity index (χ2v) is 6.29. The highest BCUT2D eigenvalue weighted by molar-refractivity contribution is 5.80. The molecule has 3 atom stereocenters. The fraction of sp³-hybridized carbons (Fsp3) is 0.632. The van der Waals surface area contributed by atoms with E-state index in [0.29, 0.717) is 25.9 Å². The lowest BCUT2D eigenvalue weighted by Crippen LogP contribution is -2.43. The predicted octanol–water partition coefficient (Wildman–Crippen LogP) is 2.38. The third-order valence-electron chi connectivity index (χ3n) is 4.56. The van der Waals surface area contributed by atoms with Crippen molar-refractivity contribution in [3.63, 3.8) is 0 Å². The minimum Gasteiger partial charge on any atom is -0.379 e. The maximum absolute atomic E-state index is 12.2. The van der Waals surface area contributed by atoms with Crippen LogP contribution >= 0.6 is 0 Å². The molecule has 5 heteroatoms. The Balaban J connectivity index is 1.74. The van der Waals surface area contributed by atoms with E-state index < -0.39 is 6.10 Å². The molecule has 1 heterocycles. The van der Waals surface area contributed by atoms with Gasteiger partial charge in [-0.05, 0) is 32.8 Å². The molecular weight excluding hydrogens is 304 g/mol. The molecule has 1 aliphatic rings. The van der Waals surface area contributed by atoms with E-state index in [1.165, 1.54) is 5.56 Å². The van der Waals surface area contributed by atoms with Gasteiger partial charge in [-0.15, -0.1) is 0 Å². The number of benzene rings is 1. The summed E-state index contributed by atoms with van der Waals surface area (Å²) in [5.74, 6) is -0.0364. The minimum atomic E-state index is -0.439. The van der Waals surface area contributed by atoms with E-state index in [1.807, 2.05) is 13.0 Å². The average molecular weight is 334 g/mol. The minimum absolute atomic E-state index is 0.0364. The molecule has 0 aromatic heterocycles. The molecule has 1 aromatic carbocycles. The van der Waals surface area contributed by atoms with Crippen LogP contribution in [0.25, 0.3) is 0 Å². The molecule has 24 heavy (non-hydrogen) atoms. The van der Waals surface area contributed by atoms with Gasteiger partial charge in [-0.3, -0.25) is 9.69 Å². The van der Waals surface area contributed by atoms with E-state index in [2.05, 4.69) is 41.4 Å². The quantitative estimate of drug-likeness (QED) is 0.705. The van der Waals surface area contributed by atoms with E-state index >= 15 is 0 Å². The zero-order valence-corrected chi connectivity index (χ0v) is 15.0. The largest absolute Gasteiger partial charge is 0.379 e. The SMILES string of the molecule is CCOCCO[C@H](C)C(=O)N[C@@H]1CCN([C@@H](C)c2ccccc2)C1. The Kier molecular flexibility index (Phi) is 7.69. The smallest absolute Gasteiger partial charge is 0.249 e. The summed E-state index contributed by atoms with van der Waals surface area (Å²) in [6.45, 7) is 9.48. The first-order chi connectivity index (χ1) is 11.6. The van der Waals surface area contributed by atoms with E-state index in [9.17, 15) is 4.79 Å². The zero-order valence-electron chi connectivity index (χ0n) is 15.0. The van der Waals surface area contributed by atoms with Crippen LogP contribution in [0.1, 0.15) is 38.8 Å². The molecule has 134 valence electrons. The Morgan fingerprint density at radius 3 is 2.75 bits per heavy atom. The lowest BCUT2D eigenvalue weighted by molar-refractivity contribution is -0.133. The molecule has 1 aromatic rings. The third-order valence-corrected chi connectivity index (χ3v) is 4.56. The van der Waals surface area contributed by atoms with Gasteiger partial charge < -0.3 is 14.8 Å². The Hall–Kier alpha value is -1.43. The summed E-state index contributed by atoms with van der Waals surface area (Å²) in [5.41, 5.74) is 1.32. The molecule has 1 amide bonds. The van der Waals surface area contributed by atoms with Crippen molar-refractivity contribution in [2.24, 2.45) is 0 Å². The highest BCUT2D eigenvalue weighted by Gasteiger charge is 2.28. The van der Waals surface area contributed by atoms with Gasteiger partial charge in [0.05, 0.1) is 13.2 Å². The lowest BCUT2D eigenvalue weighted by Gasteiger charge is -2.25. The van der Waals surface area contributed by atoms with Crippen LogP contribution in [0.4, 0.5) is 0 Å². The molecule has 1 saturated heterocycles. The van der Waals surface area contributed by atoms with E-state index in [1.54, 1.807) is 6.92 Å². The Morgan fingerprint density at radius 2 is 2.04 bits per heavy atom. The zero-order chi connectivity index (χ0) is 17.4. The lowest BCUT2D eigenvalue weighted by atomic mass is 10.1. The monoisotopic (exact) mass is 334 g/mol. The van der Waals surface area contributed by atoms with Crippen LogP contribution in [0.3, 0.4) is 0 Å². The van der Waals surface area contributed by atoms with Crippen molar-refractivity contribution in [2.45, 2.75) is 45.4 Å². The molecule has 1 fully saturated rings. The number of nitrogens with one attached hydrogen (secondary N) is 1. The third kappa shape index (κ3) is 5.58. The second kappa shape index (κ2) is 9.77. The summed E-state index contributed by atoms with van der Waals surface area (Å²) in [6.07, 6.45) is 0.542. The molecule has 2 rings (SSSR count). The maximum atomic E-state index is 12.2. The van der Waals surface area contributed by atoms with Crippen molar-refractivity contribution in [3.05, 3.63) is 35.9 Å². The molecule has 5 nitrogen and oxygen atoms in total. The van der Waals surface area contributed by atoms with Gasteiger partial charge in [-0.25, -0.2) is 0 Å². The van der Waals surface area contributed by atoms with Crippen LogP contribution in [0.15, 0.2) is 30.3 Å². The Bertz CT molecular complexity index is 495. The number of nitrogens with zero attached hydrogens (tertiary/aromatic N) is 1. The molecule has 0 aliphatic carbocycles. The first-order valence-electron chi connectivity index (χ1n) is 8.90. The Morgan fingerprint density at radius 1 is 1.29 bits per heavy atom. The number of hydrogen-bond acceptors (Lipinski definition) is 4. The summed E-state index contributed by atoms with van der Waals surface area (Å²) >= 11 is 0. The van der Waals surface area contributed by atoms with Gasteiger partial charge in [-0.2, -0.15) is 0 Å². The van der Waals surface area contributed by atoms with Gasteiger partial charge in [0.2, 0.25) is 5.91 Å². The fourth-order valence-electron chi connectivity index (χ4n) is 3.02. The van der Waals surface area contributed by atoms with E-state index in [-0.39, 0.29) is 11.9 Å². The van der Waals surface area contributed by atoms with Gasteiger partial charge in [0.25, 0.3) is 0 Å². The van der Waals surface area contributed by atoms with Gasteiger partial charge in [0.1, 0.15) is 6.10 Å². The highest BCUT2D eigenvalue weighted by atomic mass is 16.5. The molecule has 0 spiro atoms. The number of rotatable bonds is 9. The van der Waals surface area contributed by atoms with Crippen LogP contribution in [-0.2, 0) is 14.3 Å². The highest BCUT2D eigenvalue weighted by Crippen LogP contribution is 2.24. The molecular formula is C19H30N2O3. The van der Waals surface area contributed by atoms with Gasteiger partial charge in [0.15, 0.2) is 0 Å². The standard InChI is InChI=1S/C19H30N2O3/c1-4-23-12-13-24-16(3)19(22)20-18-10-11-21(14-18)15(2)17-8-6-5-7-9-17/h5-9,15-16,18H,4,10-14H2,1-3H3,(H,20,22)/t15-,16+,18+/m0/s1. The molecule has 0 bridgehead atoms. The molecule has 1 N–H and O–H groups in total. The van der Waals surface area contributed by atoms with Crippen LogP contribution in [0.2, 0.25) is 0 Å². The summed E-state index contributed by atoms with van der Waals surface area (Å²) < 4.78 is 10.7. The van der Waals surface area contributed by atoms with Crippen LogP contribution in [-0.4, -0.2) is 55.9 Å². The number of likely N-dealkylation sites (tertiary alicyclic amines) is 1. The summed E-state index contributed by atoms with van der Waals surface area (Å²) in [4.78, 5) is 14.6. The topological polar surface area (TPSA) is 50.8 Å². The molecule has 0 saturated carbocycles. The van der Waals surface area contributed by atoms with Crippen LogP contribution < -0.4 is 5.32 Å². The van der Waals surface area contributed by atoms with E-state index in [0.717, 1.165) is 19.5 Å². The summed E-state index contributed by atoms with van der Waals surface area (Å²) in [5, 5.41) is 3.11. The maximum Gasteiger partial charge on any atom is 0.249 e. The normalized spacial score (nSPS) is 20.7. The average Bonchev–Trinajstić information content (AvgIpc) is 3.07. The van der Waals surface area contributed by atoms with Crippen molar-refractivity contribution >= 4 is 5.91 Å². The van der Waals surface area contributed by atoms with Gasteiger partial charge in [-0.1, -0.05) is 30.3 Å². The molecule has 1 aliphatic heterocycles. The van der Waals surface area contributed by atoms with Crippen molar-refractivity contribution in [2.75, 3.05) is 32.9 Å². The Labute approximate surface area is 145 Å². The van der Waals surface area contributed by atoms with E-state index in [4.69, 9.17) is 9.47 Å². The van der Waals surface area contributed by atoms with Crippen LogP contribution in [0.5, 0.6) is 0 Å². The van der Waals surface area contributed by atoms with Crippen molar-refractivity contribution in [3.8, 4) is 0 Å². The molecule has 0 radical (unpaired) electrons. The summed E-state index contributed by atoms with van der Waals surface area (Å²) in [6, 6.07) is 11.1. The van der Waals surface area contributed by atoms with Crippen molar-refractivity contribution in [1.82, 2.24) is 10.2 Å². The number of hydrogen-bond donors (Lipinski definition) is 1. The first-order valence-corrected chi connectivity index (χ1v) is 8.90. The number of carbonyl (C=O) groups excluding carboxylic acids is 1. The first kappa shape index (κ1) is 18.9. The fourth-order valence-corrected chi connectivity index (χ4v) is 3.02. The van der Waals surface area contributed by atoms with Crippen molar-refractivity contribution in [1.29, 1.82) is 0 Å². The number of ether oxygens (including phenoxy) is 2. The second-order valence-electron chi connectivity index (χ2n) is 6.29. The van der Waals surface area contributed by atoms with Crippen LogP contribution in [0, 0.1) is 0 Å². The molecule has 0 unspecified atom stereocenters. The summed E-state index contributed by atoms with van der Waals surface area (Å²) in [7, 11) is 0.